The van der Waals surface area contributed by atoms with Crippen molar-refractivity contribution in [3.05, 3.63) is 95.6 Å². The number of hydrogen-bond acceptors (Lipinski definition) is 3. The molecular weight excluding hydrogens is 470 g/mol. The Bertz CT molecular complexity index is 1180. The van der Waals surface area contributed by atoms with Crippen LogP contribution in [0, 0.1) is 0 Å². The van der Waals surface area contributed by atoms with Gasteiger partial charge in [0.25, 0.3) is 0 Å². The highest BCUT2D eigenvalue weighted by atomic mass is 16.2. The number of fused-ring (bicyclic) bond motifs is 1. The summed E-state index contributed by atoms with van der Waals surface area (Å²) >= 11 is 0. The summed E-state index contributed by atoms with van der Waals surface area (Å²) in [5, 5.41) is 3.18. The minimum absolute atomic E-state index is 0.0805. The van der Waals surface area contributed by atoms with Gasteiger partial charge in [0.1, 0.15) is 0 Å². The molecule has 1 aliphatic heterocycles. The first kappa shape index (κ1) is 27.6. The summed E-state index contributed by atoms with van der Waals surface area (Å²) in [5.74, 6) is 0.201. The van der Waals surface area contributed by atoms with E-state index in [0.29, 0.717) is 19.4 Å². The van der Waals surface area contributed by atoms with E-state index in [9.17, 15) is 9.59 Å². The molecule has 0 spiro atoms. The van der Waals surface area contributed by atoms with Crippen LogP contribution in [-0.4, -0.2) is 54.8 Å². The van der Waals surface area contributed by atoms with E-state index in [4.69, 9.17) is 0 Å². The number of nitrogens with zero attached hydrogens (tertiary/aromatic N) is 2. The Morgan fingerprint density at radius 2 is 1.50 bits per heavy atom. The molecule has 38 heavy (non-hydrogen) atoms. The second kappa shape index (κ2) is 13.9. The van der Waals surface area contributed by atoms with Crippen molar-refractivity contribution >= 4 is 11.8 Å². The van der Waals surface area contributed by atoms with Gasteiger partial charge in [-0.15, -0.1) is 0 Å². The summed E-state index contributed by atoms with van der Waals surface area (Å²) < 4.78 is 0. The maximum atomic E-state index is 13.6. The Labute approximate surface area is 227 Å². The first-order chi connectivity index (χ1) is 18.5. The van der Waals surface area contributed by atoms with Gasteiger partial charge in [-0.25, -0.2) is 0 Å². The van der Waals surface area contributed by atoms with Crippen molar-refractivity contribution in [2.24, 2.45) is 0 Å². The second-order valence-corrected chi connectivity index (χ2v) is 10.4. The van der Waals surface area contributed by atoms with Gasteiger partial charge in [-0.3, -0.25) is 9.59 Å². The molecule has 0 aromatic heterocycles. The third-order valence-electron chi connectivity index (χ3n) is 7.60. The van der Waals surface area contributed by atoms with Gasteiger partial charge in [-0.1, -0.05) is 91.7 Å². The Hall–Kier alpha value is -3.44. The van der Waals surface area contributed by atoms with Gasteiger partial charge in [0.15, 0.2) is 0 Å². The number of nitrogens with one attached hydrogen (secondary N) is 1. The fourth-order valence-corrected chi connectivity index (χ4v) is 5.27. The Morgan fingerprint density at radius 1 is 0.842 bits per heavy atom. The highest BCUT2D eigenvalue weighted by molar-refractivity contribution is 5.82. The number of rotatable bonds is 12. The lowest BCUT2D eigenvalue weighted by Gasteiger charge is -2.37. The van der Waals surface area contributed by atoms with Crippen LogP contribution < -0.4 is 5.32 Å². The number of carbonyl (C=O) groups is 2. The fraction of sp³-hybridized carbons (Fsp3) is 0.394. The monoisotopic (exact) mass is 511 g/mol. The van der Waals surface area contributed by atoms with Crippen molar-refractivity contribution in [1.29, 1.82) is 0 Å². The lowest BCUT2D eigenvalue weighted by Crippen LogP contribution is -2.47. The molecule has 200 valence electrons. The molecular formula is C33H41N3O2. The molecule has 2 amide bonds. The van der Waals surface area contributed by atoms with Crippen LogP contribution in [-0.2, 0) is 29.0 Å². The molecule has 0 radical (unpaired) electrons. The van der Waals surface area contributed by atoms with Gasteiger partial charge in [-0.05, 0) is 60.7 Å². The standard InChI is InChI=1S/C33H41N3O2/c1-34-20-10-3-4-11-21-35(2)32(37)24-31-23-29-14-8-9-15-30(29)25-36(31)33(38)22-26-16-18-28(19-17-26)27-12-6-5-7-13-27/h5-9,12-19,31,34H,3-4,10-11,20-25H2,1-2H3. The van der Waals surface area contributed by atoms with E-state index in [-0.39, 0.29) is 17.9 Å². The molecule has 0 bridgehead atoms. The molecule has 4 rings (SSSR count). The molecule has 1 aliphatic rings. The molecule has 0 fully saturated rings. The van der Waals surface area contributed by atoms with Crippen molar-refractivity contribution in [3.8, 4) is 11.1 Å². The summed E-state index contributed by atoms with van der Waals surface area (Å²) in [6.07, 6.45) is 5.91. The fourth-order valence-electron chi connectivity index (χ4n) is 5.27. The molecule has 0 aliphatic carbocycles. The summed E-state index contributed by atoms with van der Waals surface area (Å²) in [4.78, 5) is 30.5. The van der Waals surface area contributed by atoms with Gasteiger partial charge >= 0.3 is 0 Å². The average molecular weight is 512 g/mol. The zero-order valence-electron chi connectivity index (χ0n) is 22.9. The third-order valence-corrected chi connectivity index (χ3v) is 7.60. The molecule has 3 aromatic rings. The zero-order chi connectivity index (χ0) is 26.7. The maximum Gasteiger partial charge on any atom is 0.227 e. The van der Waals surface area contributed by atoms with Crippen LogP contribution in [0.15, 0.2) is 78.9 Å². The lowest BCUT2D eigenvalue weighted by molar-refractivity contribution is -0.137. The Kier molecular flexibility index (Phi) is 10.1. The molecule has 5 nitrogen and oxygen atoms in total. The van der Waals surface area contributed by atoms with E-state index < -0.39 is 0 Å². The van der Waals surface area contributed by atoms with Crippen LogP contribution >= 0.6 is 0 Å². The van der Waals surface area contributed by atoms with Crippen LogP contribution in [0.5, 0.6) is 0 Å². The predicted octanol–water partition coefficient (Wildman–Crippen LogP) is 5.48. The van der Waals surface area contributed by atoms with E-state index in [1.54, 1.807) is 0 Å². The summed E-state index contributed by atoms with van der Waals surface area (Å²) in [6.45, 7) is 2.37. The number of benzene rings is 3. The molecule has 1 N–H and O–H groups in total. The van der Waals surface area contributed by atoms with Crippen molar-refractivity contribution in [1.82, 2.24) is 15.1 Å². The number of hydrogen-bond donors (Lipinski definition) is 1. The van der Waals surface area contributed by atoms with E-state index in [1.807, 2.05) is 66.4 Å². The SMILES string of the molecule is CNCCCCCCN(C)C(=O)CC1Cc2ccccc2CN1C(=O)Cc1ccc(-c2ccccc2)cc1. The van der Waals surface area contributed by atoms with Crippen molar-refractivity contribution in [3.63, 3.8) is 0 Å². The lowest BCUT2D eigenvalue weighted by atomic mass is 9.91. The largest absolute Gasteiger partial charge is 0.346 e. The van der Waals surface area contributed by atoms with E-state index in [0.717, 1.165) is 43.5 Å². The van der Waals surface area contributed by atoms with Crippen molar-refractivity contribution in [2.45, 2.75) is 57.5 Å². The van der Waals surface area contributed by atoms with E-state index in [1.165, 1.54) is 29.5 Å². The van der Waals surface area contributed by atoms with Crippen LogP contribution in [0.3, 0.4) is 0 Å². The molecule has 1 heterocycles. The van der Waals surface area contributed by atoms with Crippen molar-refractivity contribution < 1.29 is 9.59 Å². The summed E-state index contributed by atoms with van der Waals surface area (Å²) in [7, 11) is 3.87. The number of carbonyl (C=O) groups excluding carboxylic acids is 2. The van der Waals surface area contributed by atoms with E-state index in [2.05, 4.69) is 41.7 Å². The second-order valence-electron chi connectivity index (χ2n) is 10.4. The van der Waals surface area contributed by atoms with E-state index >= 15 is 0 Å². The van der Waals surface area contributed by atoms with Gasteiger partial charge < -0.3 is 15.1 Å². The predicted molar refractivity (Wildman–Crippen MR) is 155 cm³/mol. The maximum absolute atomic E-state index is 13.6. The van der Waals surface area contributed by atoms with Gasteiger partial charge in [0.05, 0.1) is 6.42 Å². The first-order valence-corrected chi connectivity index (χ1v) is 13.9. The smallest absolute Gasteiger partial charge is 0.227 e. The zero-order valence-corrected chi connectivity index (χ0v) is 22.9. The van der Waals surface area contributed by atoms with Crippen LogP contribution in [0.4, 0.5) is 0 Å². The van der Waals surface area contributed by atoms with Crippen LogP contribution in [0.2, 0.25) is 0 Å². The molecule has 1 unspecified atom stereocenters. The van der Waals surface area contributed by atoms with Crippen molar-refractivity contribution in [2.75, 3.05) is 27.2 Å². The normalized spacial score (nSPS) is 14.7. The highest BCUT2D eigenvalue weighted by Crippen LogP contribution is 2.27. The first-order valence-electron chi connectivity index (χ1n) is 13.9. The highest BCUT2D eigenvalue weighted by Gasteiger charge is 2.31. The number of amides is 2. The quantitative estimate of drug-likeness (QED) is 0.328. The topological polar surface area (TPSA) is 52.7 Å². The minimum Gasteiger partial charge on any atom is -0.346 e. The van der Waals surface area contributed by atoms with Crippen LogP contribution in [0.25, 0.3) is 11.1 Å². The summed E-state index contributed by atoms with van der Waals surface area (Å²) in [5.41, 5.74) is 5.72. The molecule has 5 heteroatoms. The average Bonchev–Trinajstić information content (AvgIpc) is 2.95. The van der Waals surface area contributed by atoms with Gasteiger partial charge in [0.2, 0.25) is 11.8 Å². The third kappa shape index (κ3) is 7.55. The Balaban J connectivity index is 1.39. The summed E-state index contributed by atoms with van der Waals surface area (Å²) in [6, 6.07) is 26.7. The molecule has 3 aromatic carbocycles. The van der Waals surface area contributed by atoms with Gasteiger partial charge in [0, 0.05) is 32.6 Å². The molecule has 1 atom stereocenters. The number of unbranched alkanes of at least 4 members (excludes halogenated alkanes) is 3. The molecule has 0 saturated heterocycles. The minimum atomic E-state index is -0.119. The Morgan fingerprint density at radius 3 is 2.24 bits per heavy atom. The van der Waals surface area contributed by atoms with Crippen LogP contribution in [0.1, 0.15) is 48.8 Å². The molecule has 0 saturated carbocycles. The van der Waals surface area contributed by atoms with Gasteiger partial charge in [-0.2, -0.15) is 0 Å².